The van der Waals surface area contributed by atoms with Crippen LogP contribution in [0.15, 0.2) is 53.4 Å². The Kier molecular flexibility index (Phi) is 6.59. The van der Waals surface area contributed by atoms with E-state index in [0.717, 1.165) is 5.56 Å². The molecule has 140 valence electrons. The Bertz CT molecular complexity index is 853. The largest absolute Gasteiger partial charge is 0.495 e. The standard InChI is InChI=1S/C18H22N2O5S/c1-13(25-18(21)20-12-14-6-4-3-5-7-14)10-15-8-9-16(24-2)17(11-15)26(19,22)23/h3-9,11,13H,10,12H2,1-2H3,(H,20,21)(H2,19,22,23)/t13-/m1/s1. The van der Waals surface area contributed by atoms with Gasteiger partial charge in [-0.2, -0.15) is 0 Å². The van der Waals surface area contributed by atoms with Gasteiger partial charge in [0.05, 0.1) is 7.11 Å². The molecule has 0 aliphatic carbocycles. The van der Waals surface area contributed by atoms with Crippen LogP contribution in [0.25, 0.3) is 0 Å². The van der Waals surface area contributed by atoms with Gasteiger partial charge in [-0.1, -0.05) is 36.4 Å². The van der Waals surface area contributed by atoms with Crippen molar-refractivity contribution in [1.82, 2.24) is 5.32 Å². The van der Waals surface area contributed by atoms with Gasteiger partial charge in [-0.25, -0.2) is 18.4 Å². The van der Waals surface area contributed by atoms with Crippen LogP contribution >= 0.6 is 0 Å². The third-order valence-corrected chi connectivity index (χ3v) is 4.58. The molecule has 1 amide bonds. The summed E-state index contributed by atoms with van der Waals surface area (Å²) in [6.45, 7) is 2.09. The van der Waals surface area contributed by atoms with Crippen LogP contribution in [-0.4, -0.2) is 27.7 Å². The highest BCUT2D eigenvalue weighted by atomic mass is 32.2. The number of hydrogen-bond donors (Lipinski definition) is 2. The lowest BCUT2D eigenvalue weighted by atomic mass is 10.1. The number of nitrogens with one attached hydrogen (secondary N) is 1. The molecule has 7 nitrogen and oxygen atoms in total. The van der Waals surface area contributed by atoms with Gasteiger partial charge in [0, 0.05) is 13.0 Å². The first-order chi connectivity index (χ1) is 12.3. The highest BCUT2D eigenvalue weighted by Crippen LogP contribution is 2.24. The highest BCUT2D eigenvalue weighted by molar-refractivity contribution is 7.89. The molecule has 26 heavy (non-hydrogen) atoms. The second kappa shape index (κ2) is 8.68. The lowest BCUT2D eigenvalue weighted by molar-refractivity contribution is 0.106. The van der Waals surface area contributed by atoms with Gasteiger partial charge in [-0.15, -0.1) is 0 Å². The number of hydrogen-bond acceptors (Lipinski definition) is 5. The summed E-state index contributed by atoms with van der Waals surface area (Å²) in [6.07, 6.45) is -0.653. The van der Waals surface area contributed by atoms with Crippen molar-refractivity contribution in [3.8, 4) is 5.75 Å². The second-order valence-electron chi connectivity index (χ2n) is 5.79. The van der Waals surface area contributed by atoms with Crippen molar-refractivity contribution >= 4 is 16.1 Å². The van der Waals surface area contributed by atoms with Crippen molar-refractivity contribution in [2.75, 3.05) is 7.11 Å². The molecule has 0 aliphatic rings. The molecule has 0 aromatic heterocycles. The van der Waals surface area contributed by atoms with Gasteiger partial charge < -0.3 is 14.8 Å². The third kappa shape index (κ3) is 5.75. The van der Waals surface area contributed by atoms with E-state index in [1.165, 1.54) is 19.2 Å². The normalized spacial score (nSPS) is 12.3. The fraction of sp³-hybridized carbons (Fsp3) is 0.278. The van der Waals surface area contributed by atoms with Crippen LogP contribution < -0.4 is 15.2 Å². The summed E-state index contributed by atoms with van der Waals surface area (Å²) in [4.78, 5) is 11.8. The molecule has 1 atom stereocenters. The monoisotopic (exact) mass is 378 g/mol. The van der Waals surface area contributed by atoms with Crippen molar-refractivity contribution in [3.63, 3.8) is 0 Å². The number of methoxy groups -OCH3 is 1. The summed E-state index contributed by atoms with van der Waals surface area (Å²) < 4.78 is 33.6. The van der Waals surface area contributed by atoms with Crippen LogP contribution in [0.1, 0.15) is 18.1 Å². The summed E-state index contributed by atoms with van der Waals surface area (Å²) >= 11 is 0. The summed E-state index contributed by atoms with van der Waals surface area (Å²) in [5.41, 5.74) is 1.63. The van der Waals surface area contributed by atoms with Crippen molar-refractivity contribution in [1.29, 1.82) is 0 Å². The van der Waals surface area contributed by atoms with Crippen molar-refractivity contribution < 1.29 is 22.7 Å². The molecule has 8 heteroatoms. The number of amides is 1. The van der Waals surface area contributed by atoms with Crippen molar-refractivity contribution in [2.24, 2.45) is 5.14 Å². The zero-order chi connectivity index (χ0) is 19.2. The van der Waals surface area contributed by atoms with Gasteiger partial charge in [0.1, 0.15) is 16.7 Å². The molecule has 0 fully saturated rings. The lowest BCUT2D eigenvalue weighted by Crippen LogP contribution is -2.28. The molecule has 2 aromatic carbocycles. The maximum absolute atomic E-state index is 11.9. The number of sulfonamides is 1. The summed E-state index contributed by atoms with van der Waals surface area (Å²) in [5, 5.41) is 7.88. The molecule has 3 N–H and O–H groups in total. The maximum atomic E-state index is 11.9. The highest BCUT2D eigenvalue weighted by Gasteiger charge is 2.17. The Hall–Kier alpha value is -2.58. The average molecular weight is 378 g/mol. The minimum Gasteiger partial charge on any atom is -0.495 e. The summed E-state index contributed by atoms with van der Waals surface area (Å²) in [7, 11) is -2.54. The zero-order valence-corrected chi connectivity index (χ0v) is 15.5. The van der Waals surface area contributed by atoms with Crippen LogP contribution in [0.5, 0.6) is 5.75 Å². The van der Waals surface area contributed by atoms with E-state index in [9.17, 15) is 13.2 Å². The van der Waals surface area contributed by atoms with Crippen LogP contribution in [0.3, 0.4) is 0 Å². The molecule has 0 unspecified atom stereocenters. The molecule has 0 saturated carbocycles. The van der Waals surface area contributed by atoms with E-state index < -0.39 is 22.2 Å². The number of rotatable bonds is 7. The minimum atomic E-state index is -3.91. The van der Waals surface area contributed by atoms with Gasteiger partial charge >= 0.3 is 6.09 Å². The van der Waals surface area contributed by atoms with E-state index >= 15 is 0 Å². The van der Waals surface area contributed by atoms with E-state index in [-0.39, 0.29) is 10.6 Å². The number of carbonyl (C=O) groups excluding carboxylic acids is 1. The zero-order valence-electron chi connectivity index (χ0n) is 14.6. The van der Waals surface area contributed by atoms with Gasteiger partial charge in [0.2, 0.25) is 10.0 Å². The molecule has 2 rings (SSSR count). The number of ether oxygens (including phenoxy) is 2. The minimum absolute atomic E-state index is 0.0989. The lowest BCUT2D eigenvalue weighted by Gasteiger charge is -2.15. The molecule has 0 bridgehead atoms. The Morgan fingerprint density at radius 3 is 2.46 bits per heavy atom. The summed E-state index contributed by atoms with van der Waals surface area (Å²) in [6, 6.07) is 14.1. The van der Waals surface area contributed by atoms with Crippen LogP contribution in [-0.2, 0) is 27.7 Å². The molecule has 0 radical (unpaired) electrons. The predicted octanol–water partition coefficient (Wildman–Crippen LogP) is 2.20. The molecule has 0 saturated heterocycles. The van der Waals surface area contributed by atoms with Crippen molar-refractivity contribution in [2.45, 2.75) is 30.9 Å². The quantitative estimate of drug-likeness (QED) is 0.768. The van der Waals surface area contributed by atoms with Gasteiger partial charge in [0.25, 0.3) is 0 Å². The Morgan fingerprint density at radius 2 is 1.85 bits per heavy atom. The predicted molar refractivity (Wildman–Crippen MR) is 97.3 cm³/mol. The fourth-order valence-electron chi connectivity index (χ4n) is 2.44. The molecular formula is C18H22N2O5S. The smallest absolute Gasteiger partial charge is 0.407 e. The molecule has 0 spiro atoms. The van der Waals surface area contributed by atoms with E-state index in [1.54, 1.807) is 13.0 Å². The van der Waals surface area contributed by atoms with E-state index in [0.29, 0.717) is 18.5 Å². The molecular weight excluding hydrogens is 356 g/mol. The first-order valence-electron chi connectivity index (χ1n) is 7.97. The Labute approximate surface area is 153 Å². The first-order valence-corrected chi connectivity index (χ1v) is 9.52. The Balaban J connectivity index is 1.94. The summed E-state index contributed by atoms with van der Waals surface area (Å²) in [5.74, 6) is 0.172. The van der Waals surface area contributed by atoms with Gasteiger partial charge in [-0.05, 0) is 30.2 Å². The topological polar surface area (TPSA) is 108 Å². The first kappa shape index (κ1) is 19.7. The maximum Gasteiger partial charge on any atom is 0.407 e. The molecule has 0 heterocycles. The average Bonchev–Trinajstić information content (AvgIpc) is 2.60. The SMILES string of the molecule is COc1ccc(C[C@@H](C)OC(=O)NCc2ccccc2)cc1S(N)(=O)=O. The number of carbonyl (C=O) groups is 1. The van der Waals surface area contributed by atoms with Crippen LogP contribution in [0.2, 0.25) is 0 Å². The third-order valence-electron chi connectivity index (χ3n) is 3.65. The second-order valence-corrected chi connectivity index (χ2v) is 7.32. The number of alkyl carbamates (subject to hydrolysis) is 1. The van der Waals surface area contributed by atoms with Crippen LogP contribution in [0, 0.1) is 0 Å². The Morgan fingerprint density at radius 1 is 1.15 bits per heavy atom. The van der Waals surface area contributed by atoms with E-state index in [2.05, 4.69) is 5.32 Å². The van der Waals surface area contributed by atoms with Gasteiger partial charge in [0.15, 0.2) is 0 Å². The van der Waals surface area contributed by atoms with E-state index in [1.807, 2.05) is 30.3 Å². The van der Waals surface area contributed by atoms with E-state index in [4.69, 9.17) is 14.6 Å². The number of primary sulfonamides is 1. The molecule has 0 aliphatic heterocycles. The van der Waals surface area contributed by atoms with Crippen LogP contribution in [0.4, 0.5) is 4.79 Å². The fourth-order valence-corrected chi connectivity index (χ4v) is 3.19. The molecule has 2 aromatic rings. The number of benzene rings is 2. The number of nitrogens with two attached hydrogens (primary N) is 1. The van der Waals surface area contributed by atoms with Crippen molar-refractivity contribution in [3.05, 3.63) is 59.7 Å². The van der Waals surface area contributed by atoms with Gasteiger partial charge in [-0.3, -0.25) is 0 Å².